The van der Waals surface area contributed by atoms with E-state index in [0.717, 1.165) is 25.3 Å². The van der Waals surface area contributed by atoms with Crippen molar-refractivity contribution in [2.75, 3.05) is 7.11 Å². The van der Waals surface area contributed by atoms with Gasteiger partial charge in [0, 0.05) is 31.0 Å². The molecule has 0 amide bonds. The third kappa shape index (κ3) is 3.64. The minimum absolute atomic E-state index is 0.325. The maximum Gasteiger partial charge on any atom is 0.118 e. The third-order valence-corrected chi connectivity index (χ3v) is 3.59. The Morgan fingerprint density at radius 2 is 1.95 bits per heavy atom. The fourth-order valence-electron chi connectivity index (χ4n) is 2.34. The molecule has 0 aliphatic carbocycles. The van der Waals surface area contributed by atoms with E-state index in [1.807, 2.05) is 12.1 Å². The monoisotopic (exact) mass is 272 g/mol. The van der Waals surface area contributed by atoms with Crippen molar-refractivity contribution in [1.29, 1.82) is 0 Å². The number of aryl methyl sites for hydroxylation is 1. The second-order valence-corrected chi connectivity index (χ2v) is 5.07. The molecule has 1 heterocycles. The van der Waals surface area contributed by atoms with Crippen LogP contribution in [-0.4, -0.2) is 11.7 Å². The van der Waals surface area contributed by atoms with E-state index < -0.39 is 0 Å². The van der Waals surface area contributed by atoms with Gasteiger partial charge in [0.25, 0.3) is 0 Å². The molecule has 2 aromatic rings. The molecule has 0 spiro atoms. The Bertz CT molecular complexity index is 516. The van der Waals surface area contributed by atoms with Crippen LogP contribution in [0.25, 0.3) is 0 Å². The van der Waals surface area contributed by atoms with Crippen molar-refractivity contribution in [3.8, 4) is 5.75 Å². The predicted molar refractivity (Wildman–Crippen MR) is 83.0 cm³/mol. The van der Waals surface area contributed by atoms with Gasteiger partial charge in [-0.15, -0.1) is 0 Å². The van der Waals surface area contributed by atoms with Crippen molar-refractivity contribution in [2.24, 2.45) is 0 Å². The molecule has 0 radical (unpaired) electrons. The zero-order valence-electron chi connectivity index (χ0n) is 12.6. The second-order valence-electron chi connectivity index (χ2n) is 5.07. The van der Waals surface area contributed by atoms with Crippen molar-refractivity contribution in [3.63, 3.8) is 0 Å². The molecule has 108 valence electrons. The van der Waals surface area contributed by atoms with Gasteiger partial charge < -0.3 is 14.6 Å². The van der Waals surface area contributed by atoms with Crippen molar-refractivity contribution in [1.82, 2.24) is 9.88 Å². The smallest absolute Gasteiger partial charge is 0.118 e. The van der Waals surface area contributed by atoms with Crippen LogP contribution < -0.4 is 10.1 Å². The van der Waals surface area contributed by atoms with E-state index in [1.54, 1.807) is 7.11 Å². The SMILES string of the molecule is CCCn1cccc1CN[C@H](C)c1ccc(OC)cc1. The van der Waals surface area contributed by atoms with Gasteiger partial charge in [0.1, 0.15) is 5.75 Å². The lowest BCUT2D eigenvalue weighted by Crippen LogP contribution is -2.20. The van der Waals surface area contributed by atoms with Crippen molar-refractivity contribution in [3.05, 3.63) is 53.9 Å². The average Bonchev–Trinajstić information content (AvgIpc) is 2.92. The number of benzene rings is 1. The van der Waals surface area contributed by atoms with Gasteiger partial charge >= 0.3 is 0 Å². The highest BCUT2D eigenvalue weighted by Gasteiger charge is 2.06. The van der Waals surface area contributed by atoms with E-state index in [-0.39, 0.29) is 0 Å². The van der Waals surface area contributed by atoms with Crippen molar-refractivity contribution < 1.29 is 4.74 Å². The van der Waals surface area contributed by atoms with Crippen LogP contribution in [0.1, 0.15) is 37.6 Å². The summed E-state index contributed by atoms with van der Waals surface area (Å²) in [5.41, 5.74) is 2.62. The number of hydrogen-bond acceptors (Lipinski definition) is 2. The molecule has 1 N–H and O–H groups in total. The largest absolute Gasteiger partial charge is 0.497 e. The van der Waals surface area contributed by atoms with E-state index >= 15 is 0 Å². The molecule has 0 aliphatic rings. The topological polar surface area (TPSA) is 26.2 Å². The Labute approximate surface area is 121 Å². The molecule has 0 bridgehead atoms. The molecule has 2 rings (SSSR count). The lowest BCUT2D eigenvalue weighted by molar-refractivity contribution is 0.414. The van der Waals surface area contributed by atoms with Crippen LogP contribution in [0.5, 0.6) is 5.75 Å². The molecular weight excluding hydrogens is 248 g/mol. The number of rotatable bonds is 7. The van der Waals surface area contributed by atoms with Gasteiger partial charge in [0.15, 0.2) is 0 Å². The van der Waals surface area contributed by atoms with Crippen LogP contribution in [0.4, 0.5) is 0 Å². The minimum atomic E-state index is 0.325. The summed E-state index contributed by atoms with van der Waals surface area (Å²) in [5.74, 6) is 0.901. The molecule has 0 saturated heterocycles. The average molecular weight is 272 g/mol. The Hall–Kier alpha value is -1.74. The van der Waals surface area contributed by atoms with Crippen LogP contribution in [0.15, 0.2) is 42.6 Å². The molecule has 3 heteroatoms. The minimum Gasteiger partial charge on any atom is -0.497 e. The number of methoxy groups -OCH3 is 1. The van der Waals surface area contributed by atoms with Gasteiger partial charge in [-0.1, -0.05) is 19.1 Å². The number of nitrogens with one attached hydrogen (secondary N) is 1. The molecule has 0 aliphatic heterocycles. The number of aromatic nitrogens is 1. The molecule has 20 heavy (non-hydrogen) atoms. The molecule has 1 aromatic carbocycles. The summed E-state index contributed by atoms with van der Waals surface area (Å²) >= 11 is 0. The number of nitrogens with zero attached hydrogens (tertiary/aromatic N) is 1. The van der Waals surface area contributed by atoms with Gasteiger partial charge in [-0.25, -0.2) is 0 Å². The van der Waals surface area contributed by atoms with Gasteiger partial charge in [-0.3, -0.25) is 0 Å². The Morgan fingerprint density at radius 1 is 1.20 bits per heavy atom. The molecule has 1 atom stereocenters. The summed E-state index contributed by atoms with van der Waals surface area (Å²) in [6.07, 6.45) is 3.31. The molecular formula is C17H24N2O. The molecule has 1 aromatic heterocycles. The molecule has 0 unspecified atom stereocenters. The molecule has 0 fully saturated rings. The highest BCUT2D eigenvalue weighted by Crippen LogP contribution is 2.17. The van der Waals surface area contributed by atoms with Gasteiger partial charge in [0.05, 0.1) is 7.11 Å². The zero-order valence-corrected chi connectivity index (χ0v) is 12.6. The second kappa shape index (κ2) is 7.15. The lowest BCUT2D eigenvalue weighted by atomic mass is 10.1. The maximum absolute atomic E-state index is 5.19. The van der Waals surface area contributed by atoms with E-state index in [2.05, 4.69) is 54.2 Å². The number of hydrogen-bond donors (Lipinski definition) is 1. The lowest BCUT2D eigenvalue weighted by Gasteiger charge is -2.16. The predicted octanol–water partition coefficient (Wildman–Crippen LogP) is 3.76. The molecule has 3 nitrogen and oxygen atoms in total. The summed E-state index contributed by atoms with van der Waals surface area (Å²) in [5, 5.41) is 3.58. The van der Waals surface area contributed by atoms with E-state index in [9.17, 15) is 0 Å². The fraction of sp³-hybridized carbons (Fsp3) is 0.412. The highest BCUT2D eigenvalue weighted by molar-refractivity contribution is 5.28. The first-order valence-corrected chi connectivity index (χ1v) is 7.26. The Balaban J connectivity index is 1.93. The maximum atomic E-state index is 5.19. The summed E-state index contributed by atoms with van der Waals surface area (Å²) in [6.45, 7) is 6.37. The standard InChI is InChI=1S/C17H24N2O/c1-4-11-19-12-5-6-16(19)13-18-14(2)15-7-9-17(20-3)10-8-15/h5-10,12,14,18H,4,11,13H2,1-3H3/t14-/m1/s1. The Morgan fingerprint density at radius 3 is 2.60 bits per heavy atom. The van der Waals surface area contributed by atoms with Crippen LogP contribution in [0.3, 0.4) is 0 Å². The van der Waals surface area contributed by atoms with E-state index in [1.165, 1.54) is 11.3 Å². The quantitative estimate of drug-likeness (QED) is 0.830. The van der Waals surface area contributed by atoms with Crippen LogP contribution in [0.2, 0.25) is 0 Å². The fourth-order valence-corrected chi connectivity index (χ4v) is 2.34. The summed E-state index contributed by atoms with van der Waals surface area (Å²) < 4.78 is 7.50. The molecule has 0 saturated carbocycles. The third-order valence-electron chi connectivity index (χ3n) is 3.59. The first-order chi connectivity index (χ1) is 9.74. The van der Waals surface area contributed by atoms with Crippen molar-refractivity contribution in [2.45, 2.75) is 39.4 Å². The first kappa shape index (κ1) is 14.7. The van der Waals surface area contributed by atoms with Crippen LogP contribution in [0, 0.1) is 0 Å². The summed E-state index contributed by atoms with van der Waals surface area (Å²) in [6, 6.07) is 12.9. The number of ether oxygens (including phenoxy) is 1. The van der Waals surface area contributed by atoms with Crippen LogP contribution >= 0.6 is 0 Å². The summed E-state index contributed by atoms with van der Waals surface area (Å²) in [7, 11) is 1.69. The zero-order chi connectivity index (χ0) is 14.4. The van der Waals surface area contributed by atoms with E-state index in [4.69, 9.17) is 4.74 Å². The van der Waals surface area contributed by atoms with E-state index in [0.29, 0.717) is 6.04 Å². The normalized spacial score (nSPS) is 12.3. The Kier molecular flexibility index (Phi) is 5.24. The van der Waals surface area contributed by atoms with Gasteiger partial charge in [-0.05, 0) is 43.2 Å². The highest BCUT2D eigenvalue weighted by atomic mass is 16.5. The van der Waals surface area contributed by atoms with Gasteiger partial charge in [-0.2, -0.15) is 0 Å². The van der Waals surface area contributed by atoms with Crippen LogP contribution in [-0.2, 0) is 13.1 Å². The van der Waals surface area contributed by atoms with Gasteiger partial charge in [0.2, 0.25) is 0 Å². The first-order valence-electron chi connectivity index (χ1n) is 7.26. The summed E-state index contributed by atoms with van der Waals surface area (Å²) in [4.78, 5) is 0. The van der Waals surface area contributed by atoms with Crippen molar-refractivity contribution >= 4 is 0 Å².